The van der Waals surface area contributed by atoms with Gasteiger partial charge in [-0.15, -0.1) is 0 Å². The third-order valence-electron chi connectivity index (χ3n) is 2.98. The van der Waals surface area contributed by atoms with Gasteiger partial charge in [0.15, 0.2) is 0 Å². The lowest BCUT2D eigenvalue weighted by atomic mass is 10.1. The Bertz CT molecular complexity index is 235. The van der Waals surface area contributed by atoms with Gasteiger partial charge in [-0.05, 0) is 6.42 Å². The number of rotatable bonds is 13. The van der Waals surface area contributed by atoms with Gasteiger partial charge in [0, 0.05) is 17.2 Å². The number of hydrogen-bond acceptors (Lipinski definition) is 2. The van der Waals surface area contributed by atoms with E-state index in [0.29, 0.717) is 6.61 Å². The third kappa shape index (κ3) is 16.8. The van der Waals surface area contributed by atoms with E-state index in [0.717, 1.165) is 7.98 Å². The van der Waals surface area contributed by atoms with Crippen molar-refractivity contribution in [2.24, 2.45) is 0 Å². The van der Waals surface area contributed by atoms with Gasteiger partial charge in [0.25, 0.3) is 0 Å². The van der Waals surface area contributed by atoms with Crippen molar-refractivity contribution in [2.45, 2.75) is 59.0 Å². The predicted octanol–water partition coefficient (Wildman–Crippen LogP) is 4.58. The van der Waals surface area contributed by atoms with Crippen LogP contribution in [-0.4, -0.2) is 23.7 Å². The number of esters is 1. The molecule has 0 aliphatic heterocycles. The topological polar surface area (TPSA) is 26.3 Å². The van der Waals surface area contributed by atoms with E-state index in [2.05, 4.69) is 51.8 Å². The van der Waals surface area contributed by atoms with Crippen molar-refractivity contribution in [3.63, 3.8) is 0 Å². The molecule has 0 aromatic rings. The average Bonchev–Trinajstić information content (AvgIpc) is 2.39. The van der Waals surface area contributed by atoms with Crippen LogP contribution in [0.2, 0.25) is 6.04 Å². The Morgan fingerprint density at radius 2 is 1.58 bits per heavy atom. The number of unbranched alkanes of at least 4 members (excludes halogenated alkanes) is 7. The van der Waals surface area contributed by atoms with Crippen LogP contribution in [0, 0.1) is 0 Å². The van der Waals surface area contributed by atoms with Crippen molar-refractivity contribution < 1.29 is 9.53 Å². The fraction of sp³-hybridized carbons (Fsp3) is 0.786. The molecule has 0 atom stereocenters. The maximum absolute atomic E-state index is 10.8. The van der Waals surface area contributed by atoms with Crippen LogP contribution in [0.5, 0.6) is 0 Å². The molecule has 19 heavy (non-hydrogen) atoms. The van der Waals surface area contributed by atoms with Crippen LogP contribution in [0.4, 0.5) is 0 Å². The molecule has 0 saturated carbocycles. The van der Waals surface area contributed by atoms with Gasteiger partial charge in [0.05, 0.1) is 6.61 Å². The summed E-state index contributed by atoms with van der Waals surface area (Å²) in [6.07, 6.45) is 11.6. The third-order valence-corrected chi connectivity index (χ3v) is 8.06. The highest BCUT2D eigenvalue weighted by atomic mass is 127. The van der Waals surface area contributed by atoms with Gasteiger partial charge in [-0.25, -0.2) is 4.79 Å². The molecule has 0 saturated heterocycles. The predicted molar refractivity (Wildman–Crippen MR) is 103 cm³/mol. The van der Waals surface area contributed by atoms with E-state index in [1.807, 2.05) is 0 Å². The van der Waals surface area contributed by atoms with E-state index in [1.54, 1.807) is 0 Å². The van der Waals surface area contributed by atoms with Crippen molar-refractivity contribution >= 4 is 60.7 Å². The molecule has 0 fully saturated rings. The smallest absolute Gasteiger partial charge is 0.330 e. The zero-order valence-electron chi connectivity index (χ0n) is 11.7. The first kappa shape index (κ1) is 19.9. The number of carbonyl (C=O) groups is 1. The Labute approximate surface area is 147 Å². The Morgan fingerprint density at radius 1 is 1.05 bits per heavy atom. The summed E-state index contributed by atoms with van der Waals surface area (Å²) in [5.74, 6) is -0.302. The maximum atomic E-state index is 10.8. The Hall–Kier alpha value is 0.887. The van der Waals surface area contributed by atoms with Crippen LogP contribution in [0.15, 0.2) is 12.7 Å². The molecule has 0 aromatic carbocycles. The van der Waals surface area contributed by atoms with Crippen molar-refractivity contribution in [3.05, 3.63) is 12.7 Å². The fourth-order valence-corrected chi connectivity index (χ4v) is 5.46. The van der Waals surface area contributed by atoms with Crippen molar-refractivity contribution in [1.82, 2.24) is 0 Å². The van der Waals surface area contributed by atoms with E-state index < -0.39 is 0 Å². The van der Waals surface area contributed by atoms with Gasteiger partial charge in [-0.3, -0.25) is 0 Å². The molecule has 0 aromatic heterocycles. The molecule has 5 heteroatoms. The lowest BCUT2D eigenvalue weighted by Crippen LogP contribution is -2.01. The first-order valence-electron chi connectivity index (χ1n) is 7.24. The summed E-state index contributed by atoms with van der Waals surface area (Å²) in [4.78, 5) is 10.8. The molecule has 0 bridgehead atoms. The molecule has 0 aliphatic carbocycles. The summed E-state index contributed by atoms with van der Waals surface area (Å²) in [5.41, 5.74) is 0. The van der Waals surface area contributed by atoms with Gasteiger partial charge in [0.1, 0.15) is 0 Å². The lowest BCUT2D eigenvalue weighted by Gasteiger charge is -2.03. The van der Waals surface area contributed by atoms with Gasteiger partial charge in [0.2, 0.25) is 0 Å². The molecule has 0 unspecified atom stereocenters. The first-order valence-corrected chi connectivity index (χ1v) is 11.5. The van der Waals surface area contributed by atoms with Crippen LogP contribution in [0.1, 0.15) is 51.4 Å². The first-order chi connectivity index (χ1) is 9.16. The zero-order valence-corrected chi connectivity index (χ0v) is 17.4. The lowest BCUT2D eigenvalue weighted by molar-refractivity contribution is -0.137. The summed E-state index contributed by atoms with van der Waals surface area (Å²) in [5, 5.41) is 0. The van der Waals surface area contributed by atoms with Crippen LogP contribution in [0.25, 0.3) is 0 Å². The normalized spacial score (nSPS) is 11.3. The second kappa shape index (κ2) is 15.3. The largest absolute Gasteiger partial charge is 0.463 e. The van der Waals surface area contributed by atoms with Crippen molar-refractivity contribution in [2.75, 3.05) is 6.61 Å². The molecule has 0 heterocycles. The molecule has 2 nitrogen and oxygen atoms in total. The summed E-state index contributed by atoms with van der Waals surface area (Å²) in [6, 6.07) is 1.52. The van der Waals surface area contributed by atoms with E-state index >= 15 is 0 Å². The molecular weight excluding hydrogens is 482 g/mol. The van der Waals surface area contributed by atoms with Gasteiger partial charge in [-0.2, -0.15) is 0 Å². The summed E-state index contributed by atoms with van der Waals surface area (Å²) < 4.78 is 5.86. The highest BCUT2D eigenvalue weighted by molar-refractivity contribution is 14.2. The van der Waals surface area contributed by atoms with Crippen molar-refractivity contribution in [1.29, 1.82) is 0 Å². The molecule has 0 amide bonds. The molecule has 0 radical (unpaired) electrons. The maximum Gasteiger partial charge on any atom is 0.330 e. The number of carbonyl (C=O) groups excluding carboxylic acids is 1. The summed E-state index contributed by atoms with van der Waals surface area (Å²) in [7, 11) is 0.209. The van der Waals surface area contributed by atoms with E-state index in [9.17, 15) is 4.79 Å². The Morgan fingerprint density at radius 3 is 2.11 bits per heavy atom. The molecule has 0 rings (SSSR count). The molecule has 0 spiro atoms. The zero-order chi connectivity index (χ0) is 14.3. The minimum absolute atomic E-state index is 0.209. The average molecular weight is 508 g/mol. The van der Waals surface area contributed by atoms with E-state index in [4.69, 9.17) is 4.74 Å². The van der Waals surface area contributed by atoms with Crippen LogP contribution < -0.4 is 0 Å². The monoisotopic (exact) mass is 508 g/mol. The highest BCUT2D eigenvalue weighted by Crippen LogP contribution is 2.13. The number of hydrogen-bond donors (Lipinski definition) is 0. The Kier molecular flexibility index (Phi) is 16.0. The van der Waals surface area contributed by atoms with Crippen LogP contribution >= 0.6 is 45.2 Å². The number of alkyl halides is 2. The summed E-state index contributed by atoms with van der Waals surface area (Å²) >= 11 is 5.10. The van der Waals surface area contributed by atoms with Gasteiger partial charge < -0.3 is 4.74 Å². The Balaban J connectivity index is 3.03. The minimum atomic E-state index is -0.302. The highest BCUT2D eigenvalue weighted by Gasteiger charge is 1.98. The molecule has 0 aliphatic rings. The van der Waals surface area contributed by atoms with E-state index in [-0.39, 0.29) is 15.5 Å². The second-order valence-corrected chi connectivity index (χ2v) is 15.5. The quantitative estimate of drug-likeness (QED) is 0.0910. The number of ether oxygens (including phenoxy) is 1. The van der Waals surface area contributed by atoms with Crippen molar-refractivity contribution in [3.8, 4) is 0 Å². The molecule has 0 N–H and O–H groups in total. The summed E-state index contributed by atoms with van der Waals surface area (Å²) in [6.45, 7) is 3.91. The minimum Gasteiger partial charge on any atom is -0.463 e. The molecule has 112 valence electrons. The van der Waals surface area contributed by atoms with Crippen LogP contribution in [0.3, 0.4) is 0 Å². The van der Waals surface area contributed by atoms with E-state index in [1.165, 1.54) is 57.1 Å². The van der Waals surface area contributed by atoms with Gasteiger partial charge in [-0.1, -0.05) is 103 Å². The van der Waals surface area contributed by atoms with Crippen LogP contribution in [-0.2, 0) is 9.53 Å². The molecular formula is C14H26I2O2Si. The standard InChI is InChI=1S/C14H26I2O2Si/c1-2-13(17)18-11-9-7-5-3-4-6-8-10-12-19-14(15)16/h2,14H,1,3-12,19H2. The fourth-order valence-electron chi connectivity index (χ4n) is 1.87. The SMILES string of the molecule is C=CC(=O)OCCCCCCCCCC[SiH2]C(I)I. The van der Waals surface area contributed by atoms with Gasteiger partial charge >= 0.3 is 5.97 Å². The second-order valence-electron chi connectivity index (χ2n) is 4.73. The number of halogens is 2.